The summed E-state index contributed by atoms with van der Waals surface area (Å²) >= 11 is 0. The fraction of sp³-hybridized carbons (Fsp3) is 1.00. The van der Waals surface area contributed by atoms with Crippen LogP contribution in [0.2, 0.25) is 0 Å². The molecule has 16 heteroatoms. The van der Waals surface area contributed by atoms with Crippen molar-refractivity contribution in [2.24, 2.45) is 5.14 Å². The lowest BCUT2D eigenvalue weighted by Gasteiger charge is -2.48. The Hall–Kier alpha value is -0.500. The van der Waals surface area contributed by atoms with E-state index < -0.39 is 62.4 Å². The van der Waals surface area contributed by atoms with Crippen molar-refractivity contribution < 1.29 is 49.4 Å². The molecular formula is C16H29N3O11S2. The summed E-state index contributed by atoms with van der Waals surface area (Å²) < 4.78 is 90.1. The smallest absolute Gasteiger partial charge is 0.351 e. The van der Waals surface area contributed by atoms with Crippen LogP contribution in [-0.4, -0.2) is 96.5 Å². The highest BCUT2D eigenvalue weighted by Crippen LogP contribution is 2.50. The van der Waals surface area contributed by atoms with Gasteiger partial charge in [-0.3, -0.25) is 4.90 Å². The SMILES string of the molecule is CC1(C)O[C@@H]2[C@@H](CO[C@@]3(C(OS(=O)(=O)NS(N)(=O)=O)N4CCOCC4)OC(C)(C)O[C@@H]23)O1. The van der Waals surface area contributed by atoms with E-state index in [1.165, 1.54) is 4.13 Å². The summed E-state index contributed by atoms with van der Waals surface area (Å²) in [5.41, 5.74) is 0. The topological polar surface area (TPSA) is 174 Å². The summed E-state index contributed by atoms with van der Waals surface area (Å²) in [6.45, 7) is 7.84. The first kappa shape index (κ1) is 24.6. The van der Waals surface area contributed by atoms with Gasteiger partial charge in [-0.2, -0.15) is 16.8 Å². The molecule has 0 radical (unpaired) electrons. The van der Waals surface area contributed by atoms with Crippen molar-refractivity contribution in [3.63, 3.8) is 0 Å². The van der Waals surface area contributed by atoms with Crippen LogP contribution in [0, 0.1) is 0 Å². The van der Waals surface area contributed by atoms with E-state index in [1.54, 1.807) is 32.6 Å². The van der Waals surface area contributed by atoms with Crippen molar-refractivity contribution in [2.75, 3.05) is 32.9 Å². The first-order valence-corrected chi connectivity index (χ1v) is 13.0. The zero-order valence-corrected chi connectivity index (χ0v) is 19.8. The van der Waals surface area contributed by atoms with Gasteiger partial charge in [-0.25, -0.2) is 9.32 Å². The molecule has 4 fully saturated rings. The lowest BCUT2D eigenvalue weighted by Crippen LogP contribution is -2.69. The van der Waals surface area contributed by atoms with Gasteiger partial charge >= 0.3 is 10.3 Å². The number of nitrogens with two attached hydrogens (primary N) is 1. The Bertz CT molecular complexity index is 935. The Morgan fingerprint density at radius 3 is 2.31 bits per heavy atom. The minimum Gasteiger partial charge on any atom is -0.379 e. The van der Waals surface area contributed by atoms with Gasteiger partial charge in [-0.1, -0.05) is 4.13 Å². The molecule has 4 rings (SSSR count). The molecule has 4 aliphatic rings. The average Bonchev–Trinajstić information content (AvgIpc) is 3.10. The van der Waals surface area contributed by atoms with Crippen molar-refractivity contribution >= 4 is 20.5 Å². The summed E-state index contributed by atoms with van der Waals surface area (Å²) in [6.07, 6.45) is -3.58. The van der Waals surface area contributed by atoms with Crippen LogP contribution < -0.4 is 9.27 Å². The Morgan fingerprint density at radius 1 is 1.03 bits per heavy atom. The highest BCUT2D eigenvalue weighted by Gasteiger charge is 2.70. The molecule has 0 bridgehead atoms. The molecule has 186 valence electrons. The lowest BCUT2D eigenvalue weighted by atomic mass is 9.95. The molecule has 5 atom stereocenters. The number of ether oxygens (including phenoxy) is 6. The first-order chi connectivity index (χ1) is 14.6. The third-order valence-electron chi connectivity index (χ3n) is 5.36. The molecule has 3 N–H and O–H groups in total. The fourth-order valence-electron chi connectivity index (χ4n) is 4.46. The quantitative estimate of drug-likeness (QED) is 0.412. The summed E-state index contributed by atoms with van der Waals surface area (Å²) in [4.78, 5) is 1.62. The molecule has 0 amide bonds. The van der Waals surface area contributed by atoms with Crippen molar-refractivity contribution in [2.45, 2.75) is 69.6 Å². The van der Waals surface area contributed by atoms with E-state index in [9.17, 15) is 16.8 Å². The molecule has 0 saturated carbocycles. The van der Waals surface area contributed by atoms with Crippen molar-refractivity contribution in [1.82, 2.24) is 9.03 Å². The number of nitrogens with zero attached hydrogens (tertiary/aromatic N) is 1. The number of rotatable bonds is 6. The summed E-state index contributed by atoms with van der Waals surface area (Å²) in [7, 11) is -9.53. The van der Waals surface area contributed by atoms with Gasteiger partial charge in [-0.15, -0.1) is 0 Å². The van der Waals surface area contributed by atoms with Crippen LogP contribution in [0.4, 0.5) is 0 Å². The second kappa shape index (κ2) is 8.03. The summed E-state index contributed by atoms with van der Waals surface area (Å²) in [5, 5.41) is 4.85. The van der Waals surface area contributed by atoms with E-state index in [4.69, 9.17) is 37.7 Å². The predicted octanol–water partition coefficient (Wildman–Crippen LogP) is -1.90. The molecule has 0 aromatic rings. The van der Waals surface area contributed by atoms with Crippen LogP contribution in [0.5, 0.6) is 0 Å². The first-order valence-electron chi connectivity index (χ1n) is 10.1. The molecule has 0 aliphatic carbocycles. The van der Waals surface area contributed by atoms with Crippen LogP contribution >= 0.6 is 0 Å². The maximum Gasteiger partial charge on any atom is 0.351 e. The average molecular weight is 504 g/mol. The Morgan fingerprint density at radius 2 is 1.69 bits per heavy atom. The predicted molar refractivity (Wildman–Crippen MR) is 105 cm³/mol. The van der Waals surface area contributed by atoms with E-state index in [-0.39, 0.29) is 32.9 Å². The van der Waals surface area contributed by atoms with E-state index in [2.05, 4.69) is 0 Å². The van der Waals surface area contributed by atoms with Crippen molar-refractivity contribution in [3.05, 3.63) is 0 Å². The van der Waals surface area contributed by atoms with Gasteiger partial charge in [0.05, 0.1) is 19.8 Å². The zero-order chi connectivity index (χ0) is 23.6. The Balaban J connectivity index is 1.74. The van der Waals surface area contributed by atoms with Crippen LogP contribution in [0.1, 0.15) is 27.7 Å². The summed E-state index contributed by atoms with van der Waals surface area (Å²) in [6, 6.07) is 0. The second-order valence-electron chi connectivity index (χ2n) is 8.89. The van der Waals surface area contributed by atoms with Gasteiger partial charge in [0.2, 0.25) is 5.79 Å². The number of nitrogens with one attached hydrogen (secondary N) is 1. The minimum absolute atomic E-state index is 0.00308. The van der Waals surface area contributed by atoms with E-state index in [0.29, 0.717) is 0 Å². The molecular weight excluding hydrogens is 474 g/mol. The maximum absolute atomic E-state index is 12.6. The number of morpholine rings is 1. The van der Waals surface area contributed by atoms with Crippen molar-refractivity contribution in [3.8, 4) is 0 Å². The fourth-order valence-corrected chi connectivity index (χ4v) is 6.25. The van der Waals surface area contributed by atoms with Crippen LogP contribution in [0.25, 0.3) is 0 Å². The number of hydrogen-bond donors (Lipinski definition) is 2. The van der Waals surface area contributed by atoms with Gasteiger partial charge in [0.1, 0.15) is 18.3 Å². The highest BCUT2D eigenvalue weighted by molar-refractivity contribution is 8.01. The highest BCUT2D eigenvalue weighted by atomic mass is 32.3. The third kappa shape index (κ3) is 4.96. The normalized spacial score (nSPS) is 38.2. The second-order valence-corrected chi connectivity index (χ2v) is 11.7. The Labute approximate surface area is 187 Å². The van der Waals surface area contributed by atoms with E-state index >= 15 is 0 Å². The van der Waals surface area contributed by atoms with Crippen LogP contribution in [0.15, 0.2) is 0 Å². The number of hydrogen-bond acceptors (Lipinski definition) is 12. The van der Waals surface area contributed by atoms with Gasteiger partial charge < -0.3 is 28.4 Å². The molecule has 14 nitrogen and oxygen atoms in total. The van der Waals surface area contributed by atoms with E-state index in [1.807, 2.05) is 0 Å². The van der Waals surface area contributed by atoms with Crippen molar-refractivity contribution in [1.29, 1.82) is 0 Å². The molecule has 0 aromatic carbocycles. The molecule has 0 aromatic heterocycles. The lowest BCUT2D eigenvalue weighted by molar-refractivity contribution is -0.337. The van der Waals surface area contributed by atoms with E-state index in [0.717, 1.165) is 0 Å². The summed E-state index contributed by atoms with van der Waals surface area (Å²) in [5.74, 6) is -3.93. The monoisotopic (exact) mass is 503 g/mol. The molecule has 32 heavy (non-hydrogen) atoms. The molecule has 4 aliphatic heterocycles. The van der Waals surface area contributed by atoms with Gasteiger partial charge in [0, 0.05) is 13.1 Å². The Kier molecular flexibility index (Phi) is 6.18. The standard InChI is InChI=1S/C16H29N3O11S2/c1-14(2)26-10-9-25-16(12(11(10)27-14)28-15(3,4)30-16)13(19-5-7-24-8-6-19)29-32(22,23)18-31(17,20)21/h10-13,18H,5-9H2,1-4H3,(H2,17,20,21)/t10-,11-,12+,13?,16-/m1/s1. The van der Waals surface area contributed by atoms with Crippen LogP contribution in [0.3, 0.4) is 0 Å². The van der Waals surface area contributed by atoms with Gasteiger partial charge in [-0.05, 0) is 27.7 Å². The maximum atomic E-state index is 12.6. The molecule has 4 heterocycles. The molecule has 0 spiro atoms. The molecule has 4 saturated heterocycles. The number of fused-ring (bicyclic) bond motifs is 3. The molecule has 1 unspecified atom stereocenters. The largest absolute Gasteiger partial charge is 0.379 e. The van der Waals surface area contributed by atoms with Crippen LogP contribution in [-0.2, 0) is 53.1 Å². The van der Waals surface area contributed by atoms with Gasteiger partial charge in [0.25, 0.3) is 10.2 Å². The third-order valence-corrected chi connectivity index (χ3v) is 7.54. The van der Waals surface area contributed by atoms with Gasteiger partial charge in [0.15, 0.2) is 17.8 Å². The zero-order valence-electron chi connectivity index (χ0n) is 18.2. The minimum atomic E-state index is -4.90.